The van der Waals surface area contributed by atoms with Crippen LogP contribution >= 0.6 is 23.2 Å². The van der Waals surface area contributed by atoms with E-state index in [0.29, 0.717) is 6.61 Å². The van der Waals surface area contributed by atoms with Gasteiger partial charge in [-0.15, -0.1) is 0 Å². The second-order valence-electron chi connectivity index (χ2n) is 6.63. The summed E-state index contributed by atoms with van der Waals surface area (Å²) in [6, 6.07) is 4.81. The maximum absolute atomic E-state index is 12.8. The van der Waals surface area contributed by atoms with Crippen molar-refractivity contribution in [3.8, 4) is 5.75 Å². The topological polar surface area (TPSA) is 52.6 Å². The molecule has 0 unspecified atom stereocenters. The number of rotatable bonds is 12. The molecule has 0 spiro atoms. The number of hydrogen-bond donors (Lipinski definition) is 0. The fraction of sp³-hybridized carbons (Fsp3) is 0.619. The Morgan fingerprint density at radius 1 is 0.889 bits per heavy atom. The van der Waals surface area contributed by atoms with Crippen molar-refractivity contribution in [2.24, 2.45) is 5.41 Å². The minimum Gasteiger partial charge on any atom is -0.465 e. The number of benzene rings is 1. The van der Waals surface area contributed by atoms with Gasteiger partial charge < -0.3 is 9.47 Å². The molecule has 0 aliphatic carbocycles. The average Bonchev–Trinajstić information content (AvgIpc) is 2.65. The van der Waals surface area contributed by atoms with Crippen molar-refractivity contribution in [1.82, 2.24) is 0 Å². The molecule has 0 heterocycles. The van der Waals surface area contributed by atoms with E-state index >= 15 is 0 Å². The molecule has 1 rings (SSSR count). The number of unbranched alkanes of at least 4 members (excludes halogenated alkanes) is 5. The summed E-state index contributed by atoms with van der Waals surface area (Å²) in [6.45, 7) is 6.02. The molecular formula is C21H30Cl2O4. The predicted octanol–water partition coefficient (Wildman–Crippen LogP) is 6.61. The molecule has 0 atom stereocenters. The molecule has 6 heteroatoms. The summed E-state index contributed by atoms with van der Waals surface area (Å²) >= 11 is 12.1. The summed E-state index contributed by atoms with van der Waals surface area (Å²) < 4.78 is 10.8. The van der Waals surface area contributed by atoms with Gasteiger partial charge in [0.2, 0.25) is 0 Å². The predicted molar refractivity (Wildman–Crippen MR) is 109 cm³/mol. The summed E-state index contributed by atoms with van der Waals surface area (Å²) in [7, 11) is 0. The van der Waals surface area contributed by atoms with Crippen molar-refractivity contribution in [3.05, 3.63) is 28.2 Å². The quantitative estimate of drug-likeness (QED) is 0.166. The maximum Gasteiger partial charge on any atom is 0.328 e. The van der Waals surface area contributed by atoms with E-state index in [4.69, 9.17) is 32.7 Å². The Balaban J connectivity index is 2.70. The van der Waals surface area contributed by atoms with Crippen molar-refractivity contribution in [3.63, 3.8) is 0 Å². The standard InChI is InChI=1S/C21H30Cl2O4/c1-4-7-8-9-10-11-15-26-19(24)21(5-2,6-3)20(25)27-18-16(22)13-12-14-17(18)23/h12-14H,4-11,15H2,1-3H3. The van der Waals surface area contributed by atoms with Gasteiger partial charge in [-0.05, 0) is 31.4 Å². The fourth-order valence-corrected chi connectivity index (χ4v) is 3.34. The number of ether oxygens (including phenoxy) is 2. The van der Waals surface area contributed by atoms with Crippen LogP contribution in [-0.2, 0) is 14.3 Å². The van der Waals surface area contributed by atoms with Crippen molar-refractivity contribution >= 4 is 35.1 Å². The van der Waals surface area contributed by atoms with Crippen molar-refractivity contribution in [2.75, 3.05) is 6.61 Å². The SMILES string of the molecule is CCCCCCCCOC(=O)C(CC)(CC)C(=O)Oc1c(Cl)cccc1Cl. The van der Waals surface area contributed by atoms with Crippen LogP contribution in [0.3, 0.4) is 0 Å². The van der Waals surface area contributed by atoms with E-state index in [2.05, 4.69) is 6.92 Å². The van der Waals surface area contributed by atoms with E-state index in [1.165, 1.54) is 19.3 Å². The van der Waals surface area contributed by atoms with Crippen molar-refractivity contribution < 1.29 is 19.1 Å². The van der Waals surface area contributed by atoms with Gasteiger partial charge in [0.1, 0.15) is 0 Å². The molecule has 0 fully saturated rings. The third kappa shape index (κ3) is 6.69. The van der Waals surface area contributed by atoms with Crippen LogP contribution in [0.15, 0.2) is 18.2 Å². The highest BCUT2D eigenvalue weighted by Gasteiger charge is 2.46. The molecule has 0 amide bonds. The van der Waals surface area contributed by atoms with Gasteiger partial charge in [0.25, 0.3) is 0 Å². The van der Waals surface area contributed by atoms with E-state index in [1.54, 1.807) is 32.0 Å². The molecule has 0 radical (unpaired) electrons. The van der Waals surface area contributed by atoms with E-state index in [0.717, 1.165) is 19.3 Å². The summed E-state index contributed by atoms with van der Waals surface area (Å²) in [5, 5.41) is 0.440. The molecular weight excluding hydrogens is 387 g/mol. The molecule has 0 aromatic heterocycles. The van der Waals surface area contributed by atoms with Gasteiger partial charge in [-0.1, -0.05) is 82.1 Å². The molecule has 0 aliphatic heterocycles. The molecule has 0 saturated carbocycles. The Labute approximate surface area is 172 Å². The van der Waals surface area contributed by atoms with Gasteiger partial charge in [-0.3, -0.25) is 9.59 Å². The zero-order valence-corrected chi connectivity index (χ0v) is 18.0. The van der Waals surface area contributed by atoms with Crippen molar-refractivity contribution in [2.45, 2.75) is 72.1 Å². The number of carbonyl (C=O) groups excluding carboxylic acids is 2. The molecule has 1 aromatic rings. The van der Waals surface area contributed by atoms with Crippen LogP contribution in [0.4, 0.5) is 0 Å². The molecule has 27 heavy (non-hydrogen) atoms. The monoisotopic (exact) mass is 416 g/mol. The molecule has 152 valence electrons. The number of hydrogen-bond acceptors (Lipinski definition) is 4. The fourth-order valence-electron chi connectivity index (χ4n) is 2.87. The van der Waals surface area contributed by atoms with E-state index in [9.17, 15) is 9.59 Å². The molecule has 0 N–H and O–H groups in total. The highest BCUT2D eigenvalue weighted by molar-refractivity contribution is 6.37. The largest absolute Gasteiger partial charge is 0.465 e. The lowest BCUT2D eigenvalue weighted by Crippen LogP contribution is -2.42. The molecule has 0 bridgehead atoms. The zero-order chi connectivity index (χ0) is 20.3. The second kappa shape index (κ2) is 12.2. The zero-order valence-electron chi connectivity index (χ0n) is 16.5. The maximum atomic E-state index is 12.8. The normalized spacial score (nSPS) is 11.3. The lowest BCUT2D eigenvalue weighted by atomic mass is 9.82. The molecule has 1 aromatic carbocycles. The number of esters is 2. The Hall–Kier alpha value is -1.26. The summed E-state index contributed by atoms with van der Waals surface area (Å²) in [5.41, 5.74) is -1.36. The first-order valence-corrected chi connectivity index (χ1v) is 10.5. The molecule has 0 saturated heterocycles. The average molecular weight is 417 g/mol. The van der Waals surface area contributed by atoms with Crippen LogP contribution in [-0.4, -0.2) is 18.5 Å². The van der Waals surface area contributed by atoms with Gasteiger partial charge in [-0.25, -0.2) is 0 Å². The highest BCUT2D eigenvalue weighted by atomic mass is 35.5. The number of halogens is 2. The minimum atomic E-state index is -1.36. The second-order valence-corrected chi connectivity index (χ2v) is 7.45. The summed E-state index contributed by atoms with van der Waals surface area (Å²) in [5.74, 6) is -1.16. The van der Waals surface area contributed by atoms with Crippen LogP contribution < -0.4 is 4.74 Å². The molecule has 0 aliphatic rings. The number of para-hydroxylation sites is 1. The van der Waals surface area contributed by atoms with Crippen LogP contribution in [0.25, 0.3) is 0 Å². The van der Waals surface area contributed by atoms with Crippen LogP contribution in [0, 0.1) is 5.41 Å². The van der Waals surface area contributed by atoms with Crippen LogP contribution in [0.5, 0.6) is 5.75 Å². The summed E-state index contributed by atoms with van der Waals surface area (Å²) in [6.07, 6.45) is 7.11. The van der Waals surface area contributed by atoms with E-state index in [1.807, 2.05) is 0 Å². The Morgan fingerprint density at radius 2 is 1.44 bits per heavy atom. The first kappa shape index (κ1) is 23.8. The van der Waals surface area contributed by atoms with E-state index < -0.39 is 17.4 Å². The summed E-state index contributed by atoms with van der Waals surface area (Å²) in [4.78, 5) is 25.5. The Bertz CT molecular complexity index is 592. The van der Waals surface area contributed by atoms with Gasteiger partial charge in [0.15, 0.2) is 11.2 Å². The van der Waals surface area contributed by atoms with Crippen LogP contribution in [0.2, 0.25) is 10.0 Å². The third-order valence-corrected chi connectivity index (χ3v) is 5.43. The first-order valence-electron chi connectivity index (χ1n) is 9.76. The van der Waals surface area contributed by atoms with Gasteiger partial charge >= 0.3 is 11.9 Å². The van der Waals surface area contributed by atoms with Crippen LogP contribution in [0.1, 0.15) is 72.1 Å². The third-order valence-electron chi connectivity index (χ3n) is 4.83. The Morgan fingerprint density at radius 3 is 2.00 bits per heavy atom. The van der Waals surface area contributed by atoms with Crippen molar-refractivity contribution in [1.29, 1.82) is 0 Å². The number of carbonyl (C=O) groups is 2. The lowest BCUT2D eigenvalue weighted by molar-refractivity contribution is -0.168. The molecule has 4 nitrogen and oxygen atoms in total. The van der Waals surface area contributed by atoms with Gasteiger partial charge in [0, 0.05) is 0 Å². The van der Waals surface area contributed by atoms with E-state index in [-0.39, 0.29) is 28.6 Å². The smallest absolute Gasteiger partial charge is 0.328 e. The van der Waals surface area contributed by atoms with Gasteiger partial charge in [0.05, 0.1) is 16.7 Å². The first-order chi connectivity index (χ1) is 12.9. The Kier molecular flexibility index (Phi) is 10.8. The minimum absolute atomic E-state index is 0.0702. The lowest BCUT2D eigenvalue weighted by Gasteiger charge is -2.27. The highest BCUT2D eigenvalue weighted by Crippen LogP contribution is 2.36. The van der Waals surface area contributed by atoms with Gasteiger partial charge in [-0.2, -0.15) is 0 Å².